The highest BCUT2D eigenvalue weighted by molar-refractivity contribution is 7.91. The van der Waals surface area contributed by atoms with E-state index in [9.17, 15) is 18.0 Å². The lowest BCUT2D eigenvalue weighted by Crippen LogP contribution is -2.28. The third-order valence-corrected chi connectivity index (χ3v) is 7.16. The van der Waals surface area contributed by atoms with E-state index in [1.165, 1.54) is 12.1 Å². The Morgan fingerprint density at radius 2 is 1.73 bits per heavy atom. The lowest BCUT2D eigenvalue weighted by Gasteiger charge is -2.19. The number of sulfone groups is 1. The van der Waals surface area contributed by atoms with E-state index < -0.39 is 15.8 Å². The van der Waals surface area contributed by atoms with Crippen molar-refractivity contribution in [1.82, 2.24) is 0 Å². The van der Waals surface area contributed by atoms with Crippen molar-refractivity contribution >= 4 is 43.8 Å². The van der Waals surface area contributed by atoms with Gasteiger partial charge in [0.25, 0.3) is 0 Å². The molecule has 2 amide bonds. The fraction of sp³-hybridized carbons (Fsp3) is 0.217. The standard InChI is InChI=1S/C23H22N2O4S/c1-2-30(28,29)19-12-10-18(11-13-19)24-23(27)17-14-22(26)25(15-17)21-9-5-7-16-6-3-4-8-20(16)21/h3-13,17H,2,14-15H2,1H3,(H,24,27). The minimum absolute atomic E-state index is 0.0207. The molecule has 1 heterocycles. The number of carbonyl (C=O) groups is 2. The lowest BCUT2D eigenvalue weighted by atomic mass is 10.1. The summed E-state index contributed by atoms with van der Waals surface area (Å²) in [4.78, 5) is 27.3. The Bertz CT molecular complexity index is 1210. The Morgan fingerprint density at radius 1 is 1.03 bits per heavy atom. The topological polar surface area (TPSA) is 83.5 Å². The quantitative estimate of drug-likeness (QED) is 0.681. The van der Waals surface area contributed by atoms with Gasteiger partial charge in [0.1, 0.15) is 0 Å². The van der Waals surface area contributed by atoms with Crippen molar-refractivity contribution in [2.75, 3.05) is 22.5 Å². The van der Waals surface area contributed by atoms with Gasteiger partial charge in [0.15, 0.2) is 9.84 Å². The molecule has 0 aromatic heterocycles. The fourth-order valence-corrected chi connectivity index (χ4v) is 4.60. The second-order valence-corrected chi connectivity index (χ2v) is 9.60. The van der Waals surface area contributed by atoms with Crippen LogP contribution in [0, 0.1) is 5.92 Å². The molecule has 0 bridgehead atoms. The molecule has 0 spiro atoms. The average molecular weight is 423 g/mol. The van der Waals surface area contributed by atoms with Crippen LogP contribution in [0.2, 0.25) is 0 Å². The molecular weight excluding hydrogens is 400 g/mol. The number of nitrogens with zero attached hydrogens (tertiary/aromatic N) is 1. The molecule has 0 saturated carbocycles. The number of hydrogen-bond acceptors (Lipinski definition) is 4. The first-order chi connectivity index (χ1) is 14.4. The maximum absolute atomic E-state index is 12.7. The van der Waals surface area contributed by atoms with Crippen molar-refractivity contribution in [2.24, 2.45) is 5.92 Å². The molecule has 0 radical (unpaired) electrons. The number of fused-ring (bicyclic) bond motifs is 1. The van der Waals surface area contributed by atoms with Gasteiger partial charge in [-0.2, -0.15) is 0 Å². The molecule has 3 aromatic rings. The van der Waals surface area contributed by atoms with Crippen molar-refractivity contribution in [3.05, 3.63) is 66.7 Å². The molecule has 1 aliphatic rings. The molecule has 3 aromatic carbocycles. The Hall–Kier alpha value is -3.19. The van der Waals surface area contributed by atoms with Crippen LogP contribution in [0.5, 0.6) is 0 Å². The van der Waals surface area contributed by atoms with Crippen molar-refractivity contribution in [2.45, 2.75) is 18.2 Å². The van der Waals surface area contributed by atoms with Gasteiger partial charge in [-0.15, -0.1) is 0 Å². The summed E-state index contributed by atoms with van der Waals surface area (Å²) in [7, 11) is -3.29. The van der Waals surface area contributed by atoms with Crippen LogP contribution in [-0.4, -0.2) is 32.5 Å². The van der Waals surface area contributed by atoms with E-state index in [4.69, 9.17) is 0 Å². The number of anilines is 2. The highest BCUT2D eigenvalue weighted by atomic mass is 32.2. The molecule has 154 valence electrons. The smallest absolute Gasteiger partial charge is 0.229 e. The summed E-state index contributed by atoms with van der Waals surface area (Å²) < 4.78 is 23.8. The largest absolute Gasteiger partial charge is 0.326 e. The molecule has 1 saturated heterocycles. The lowest BCUT2D eigenvalue weighted by molar-refractivity contribution is -0.122. The van der Waals surface area contributed by atoms with E-state index in [0.717, 1.165) is 16.5 Å². The zero-order valence-electron chi connectivity index (χ0n) is 16.5. The first kappa shape index (κ1) is 20.1. The minimum Gasteiger partial charge on any atom is -0.326 e. The van der Waals surface area contributed by atoms with Crippen molar-refractivity contribution in [3.8, 4) is 0 Å². The summed E-state index contributed by atoms with van der Waals surface area (Å²) in [6.07, 6.45) is 0.136. The predicted molar refractivity (Wildman–Crippen MR) is 117 cm³/mol. The molecule has 6 nitrogen and oxygen atoms in total. The van der Waals surface area contributed by atoms with E-state index in [0.29, 0.717) is 12.2 Å². The molecule has 1 unspecified atom stereocenters. The number of rotatable bonds is 5. The fourth-order valence-electron chi connectivity index (χ4n) is 3.72. The normalized spacial score (nSPS) is 16.8. The predicted octanol–water partition coefficient (Wildman–Crippen LogP) is 3.63. The van der Waals surface area contributed by atoms with Gasteiger partial charge in [0, 0.05) is 24.0 Å². The molecule has 0 aliphatic carbocycles. The zero-order valence-corrected chi connectivity index (χ0v) is 17.4. The van der Waals surface area contributed by atoms with Crippen LogP contribution in [0.15, 0.2) is 71.6 Å². The van der Waals surface area contributed by atoms with Crippen LogP contribution in [0.4, 0.5) is 11.4 Å². The number of hydrogen-bond donors (Lipinski definition) is 1. The maximum Gasteiger partial charge on any atom is 0.229 e. The molecule has 30 heavy (non-hydrogen) atoms. The summed E-state index contributed by atoms with van der Waals surface area (Å²) in [5, 5.41) is 4.81. The van der Waals surface area contributed by atoms with Crippen LogP contribution in [0.1, 0.15) is 13.3 Å². The molecular formula is C23H22N2O4S. The number of nitrogens with one attached hydrogen (secondary N) is 1. The molecule has 1 N–H and O–H groups in total. The minimum atomic E-state index is -3.29. The first-order valence-electron chi connectivity index (χ1n) is 9.81. The number of amides is 2. The van der Waals surface area contributed by atoms with Crippen LogP contribution >= 0.6 is 0 Å². The second-order valence-electron chi connectivity index (χ2n) is 7.32. The highest BCUT2D eigenvalue weighted by Crippen LogP contribution is 2.32. The third kappa shape index (κ3) is 3.80. The van der Waals surface area contributed by atoms with Gasteiger partial charge in [-0.25, -0.2) is 8.42 Å². The highest BCUT2D eigenvalue weighted by Gasteiger charge is 2.35. The summed E-state index contributed by atoms with van der Waals surface area (Å²) in [5.41, 5.74) is 1.31. The van der Waals surface area contributed by atoms with E-state index in [-0.39, 0.29) is 28.9 Å². The van der Waals surface area contributed by atoms with E-state index in [2.05, 4.69) is 5.32 Å². The summed E-state index contributed by atoms with van der Waals surface area (Å²) in [5.74, 6) is -0.795. The monoisotopic (exact) mass is 422 g/mol. The van der Waals surface area contributed by atoms with Crippen LogP contribution in [-0.2, 0) is 19.4 Å². The van der Waals surface area contributed by atoms with Crippen molar-refractivity contribution < 1.29 is 18.0 Å². The van der Waals surface area contributed by atoms with E-state index >= 15 is 0 Å². The van der Waals surface area contributed by atoms with E-state index in [1.54, 1.807) is 24.0 Å². The van der Waals surface area contributed by atoms with Gasteiger partial charge < -0.3 is 10.2 Å². The van der Waals surface area contributed by atoms with Crippen molar-refractivity contribution in [1.29, 1.82) is 0 Å². The van der Waals surface area contributed by atoms with Crippen LogP contribution in [0.25, 0.3) is 10.8 Å². The Labute approximate surface area is 175 Å². The van der Waals surface area contributed by atoms with Gasteiger partial charge >= 0.3 is 0 Å². The SMILES string of the molecule is CCS(=O)(=O)c1ccc(NC(=O)C2CC(=O)N(c3cccc4ccccc34)C2)cc1. The van der Waals surface area contributed by atoms with E-state index in [1.807, 2.05) is 42.5 Å². The second kappa shape index (κ2) is 7.91. The summed E-state index contributed by atoms with van der Waals surface area (Å²) in [6.45, 7) is 1.89. The molecule has 1 fully saturated rings. The number of carbonyl (C=O) groups excluding carboxylic acids is 2. The Balaban J connectivity index is 1.49. The molecule has 1 atom stereocenters. The Morgan fingerprint density at radius 3 is 2.47 bits per heavy atom. The summed E-state index contributed by atoms with van der Waals surface area (Å²) >= 11 is 0. The average Bonchev–Trinajstić information content (AvgIpc) is 3.15. The third-order valence-electron chi connectivity index (χ3n) is 5.41. The van der Waals surface area contributed by atoms with Gasteiger partial charge in [-0.3, -0.25) is 9.59 Å². The molecule has 7 heteroatoms. The molecule has 4 rings (SSSR count). The first-order valence-corrected chi connectivity index (χ1v) is 11.5. The summed E-state index contributed by atoms with van der Waals surface area (Å²) in [6, 6.07) is 19.7. The number of benzene rings is 3. The van der Waals surface area contributed by atoms with Crippen LogP contribution < -0.4 is 10.2 Å². The van der Waals surface area contributed by atoms with Gasteiger partial charge in [0.2, 0.25) is 11.8 Å². The zero-order chi connectivity index (χ0) is 21.3. The van der Waals surface area contributed by atoms with Gasteiger partial charge in [-0.1, -0.05) is 43.3 Å². The van der Waals surface area contributed by atoms with Crippen LogP contribution in [0.3, 0.4) is 0 Å². The van der Waals surface area contributed by atoms with Gasteiger partial charge in [-0.05, 0) is 35.7 Å². The Kier molecular flexibility index (Phi) is 5.30. The molecule has 1 aliphatic heterocycles. The van der Waals surface area contributed by atoms with Gasteiger partial charge in [0.05, 0.1) is 22.3 Å². The van der Waals surface area contributed by atoms with Crippen molar-refractivity contribution in [3.63, 3.8) is 0 Å². The maximum atomic E-state index is 12.7.